The molecule has 0 bridgehead atoms. The molecule has 1 aromatic heterocycles. The van der Waals surface area contributed by atoms with E-state index >= 15 is 0 Å². The van der Waals surface area contributed by atoms with Crippen molar-refractivity contribution in [2.45, 2.75) is 38.8 Å². The van der Waals surface area contributed by atoms with Crippen molar-refractivity contribution in [1.82, 2.24) is 4.98 Å². The number of hydrogen-bond donors (Lipinski definition) is 1. The van der Waals surface area contributed by atoms with Gasteiger partial charge >= 0.3 is 0 Å². The minimum absolute atomic E-state index is 0.0718. The fourth-order valence-electron chi connectivity index (χ4n) is 2.11. The number of nitrogens with zero attached hydrogens (tertiary/aromatic N) is 2. The number of hydrogen-bond acceptors (Lipinski definition) is 3. The molecule has 0 saturated carbocycles. The van der Waals surface area contributed by atoms with Crippen molar-refractivity contribution in [2.24, 2.45) is 5.73 Å². The van der Waals surface area contributed by atoms with Crippen LogP contribution >= 0.6 is 0 Å². The van der Waals surface area contributed by atoms with Gasteiger partial charge in [0.05, 0.1) is 0 Å². The van der Waals surface area contributed by atoms with Gasteiger partial charge in [-0.15, -0.1) is 0 Å². The first-order chi connectivity index (χ1) is 7.18. The third kappa shape index (κ3) is 2.12. The first kappa shape index (κ1) is 10.4. The quantitative estimate of drug-likeness (QED) is 0.804. The summed E-state index contributed by atoms with van der Waals surface area (Å²) in [6.45, 7) is 5.37. The van der Waals surface area contributed by atoms with E-state index in [0.717, 1.165) is 17.9 Å². The predicted octanol–water partition coefficient (Wildman–Crippen LogP) is 2.09. The van der Waals surface area contributed by atoms with Crippen molar-refractivity contribution in [2.75, 3.05) is 11.4 Å². The molecule has 2 heterocycles. The van der Waals surface area contributed by atoms with Gasteiger partial charge in [0.2, 0.25) is 0 Å². The molecule has 15 heavy (non-hydrogen) atoms. The van der Waals surface area contributed by atoms with Gasteiger partial charge in [-0.25, -0.2) is 4.98 Å². The minimum atomic E-state index is 0.0718. The van der Waals surface area contributed by atoms with E-state index in [4.69, 9.17) is 5.73 Å². The maximum Gasteiger partial charge on any atom is 0.128 e. The Labute approximate surface area is 91.3 Å². The molecule has 1 saturated heterocycles. The standard InChI is InChI=1S/C12H19N3/c1-9-4-3-7-15(9)12-6-5-11(8-14-12)10(2)13/h5-6,8-10H,3-4,7,13H2,1-2H3/t9?,10-/m0/s1. The van der Waals surface area contributed by atoms with Crippen LogP contribution in [0.25, 0.3) is 0 Å². The first-order valence-electron chi connectivity index (χ1n) is 5.66. The van der Waals surface area contributed by atoms with Crippen molar-refractivity contribution in [3.05, 3.63) is 23.9 Å². The molecule has 0 radical (unpaired) electrons. The molecule has 0 amide bonds. The first-order valence-corrected chi connectivity index (χ1v) is 5.66. The number of rotatable bonds is 2. The second kappa shape index (κ2) is 4.19. The van der Waals surface area contributed by atoms with Crippen molar-refractivity contribution >= 4 is 5.82 Å². The van der Waals surface area contributed by atoms with Gasteiger partial charge in [0.15, 0.2) is 0 Å². The summed E-state index contributed by atoms with van der Waals surface area (Å²) in [7, 11) is 0. The van der Waals surface area contributed by atoms with Crippen LogP contribution < -0.4 is 10.6 Å². The van der Waals surface area contributed by atoms with Crippen LogP contribution in [0.2, 0.25) is 0 Å². The Morgan fingerprint density at radius 2 is 2.33 bits per heavy atom. The molecule has 2 atom stereocenters. The number of aromatic nitrogens is 1. The van der Waals surface area contributed by atoms with E-state index in [0.29, 0.717) is 6.04 Å². The summed E-state index contributed by atoms with van der Waals surface area (Å²) in [6, 6.07) is 4.86. The number of anilines is 1. The second-order valence-corrected chi connectivity index (χ2v) is 4.42. The lowest BCUT2D eigenvalue weighted by Gasteiger charge is -2.22. The molecule has 1 aliphatic heterocycles. The Morgan fingerprint density at radius 3 is 2.80 bits per heavy atom. The van der Waals surface area contributed by atoms with Crippen molar-refractivity contribution in [3.8, 4) is 0 Å². The van der Waals surface area contributed by atoms with Gasteiger partial charge in [0.25, 0.3) is 0 Å². The summed E-state index contributed by atoms with van der Waals surface area (Å²) in [6.07, 6.45) is 4.44. The van der Waals surface area contributed by atoms with Crippen LogP contribution in [-0.2, 0) is 0 Å². The van der Waals surface area contributed by atoms with Crippen LogP contribution in [0.3, 0.4) is 0 Å². The van der Waals surface area contributed by atoms with Gasteiger partial charge < -0.3 is 10.6 Å². The Balaban J connectivity index is 2.16. The summed E-state index contributed by atoms with van der Waals surface area (Å²) in [5.74, 6) is 1.09. The zero-order valence-corrected chi connectivity index (χ0v) is 9.48. The van der Waals surface area contributed by atoms with Crippen LogP contribution in [0.4, 0.5) is 5.82 Å². The molecular weight excluding hydrogens is 186 g/mol. The SMILES string of the molecule is CC1CCCN1c1ccc([C@H](C)N)cn1. The van der Waals surface area contributed by atoms with E-state index in [-0.39, 0.29) is 6.04 Å². The van der Waals surface area contributed by atoms with Crippen molar-refractivity contribution in [3.63, 3.8) is 0 Å². The van der Waals surface area contributed by atoms with E-state index in [1.165, 1.54) is 12.8 Å². The van der Waals surface area contributed by atoms with E-state index in [2.05, 4.69) is 28.9 Å². The molecule has 2 rings (SSSR count). The maximum atomic E-state index is 5.79. The van der Waals surface area contributed by atoms with E-state index < -0.39 is 0 Å². The average molecular weight is 205 g/mol. The smallest absolute Gasteiger partial charge is 0.128 e. The second-order valence-electron chi connectivity index (χ2n) is 4.42. The number of nitrogens with two attached hydrogens (primary N) is 1. The number of pyridine rings is 1. The molecular formula is C12H19N3. The highest BCUT2D eigenvalue weighted by molar-refractivity contribution is 5.41. The van der Waals surface area contributed by atoms with Crippen molar-refractivity contribution < 1.29 is 0 Å². The van der Waals surface area contributed by atoms with Gasteiger partial charge in [-0.2, -0.15) is 0 Å². The highest BCUT2D eigenvalue weighted by Crippen LogP contribution is 2.23. The molecule has 3 nitrogen and oxygen atoms in total. The third-order valence-electron chi connectivity index (χ3n) is 3.14. The van der Waals surface area contributed by atoms with Gasteiger partial charge in [-0.05, 0) is 38.3 Å². The third-order valence-corrected chi connectivity index (χ3v) is 3.14. The summed E-state index contributed by atoms with van der Waals surface area (Å²) >= 11 is 0. The van der Waals surface area contributed by atoms with Crippen molar-refractivity contribution in [1.29, 1.82) is 0 Å². The molecule has 1 fully saturated rings. The molecule has 0 spiro atoms. The van der Waals surface area contributed by atoms with Gasteiger partial charge in [-0.3, -0.25) is 0 Å². The predicted molar refractivity (Wildman–Crippen MR) is 62.9 cm³/mol. The lowest BCUT2D eigenvalue weighted by atomic mass is 10.1. The zero-order valence-electron chi connectivity index (χ0n) is 9.48. The molecule has 3 heteroatoms. The fourth-order valence-corrected chi connectivity index (χ4v) is 2.11. The summed E-state index contributed by atoms with van der Waals surface area (Å²) in [4.78, 5) is 6.84. The Hall–Kier alpha value is -1.09. The molecule has 1 aliphatic rings. The topological polar surface area (TPSA) is 42.1 Å². The Morgan fingerprint density at radius 1 is 1.53 bits per heavy atom. The summed E-state index contributed by atoms with van der Waals surface area (Å²) in [5.41, 5.74) is 6.89. The van der Waals surface area contributed by atoms with Crippen LogP contribution in [-0.4, -0.2) is 17.6 Å². The molecule has 1 aromatic rings. The molecule has 2 N–H and O–H groups in total. The van der Waals surface area contributed by atoms with E-state index in [1.807, 2.05) is 13.1 Å². The van der Waals surface area contributed by atoms with Crippen LogP contribution in [0.15, 0.2) is 18.3 Å². The summed E-state index contributed by atoms with van der Waals surface area (Å²) < 4.78 is 0. The Bertz CT molecular complexity index is 318. The zero-order chi connectivity index (χ0) is 10.8. The average Bonchev–Trinajstić information content (AvgIpc) is 2.65. The van der Waals surface area contributed by atoms with Gasteiger partial charge in [0.1, 0.15) is 5.82 Å². The summed E-state index contributed by atoms with van der Waals surface area (Å²) in [5, 5.41) is 0. The fraction of sp³-hybridized carbons (Fsp3) is 0.583. The largest absolute Gasteiger partial charge is 0.354 e. The highest BCUT2D eigenvalue weighted by Gasteiger charge is 2.21. The van der Waals surface area contributed by atoms with Crippen LogP contribution in [0.5, 0.6) is 0 Å². The normalized spacial score (nSPS) is 23.1. The van der Waals surface area contributed by atoms with Gasteiger partial charge in [-0.1, -0.05) is 6.07 Å². The monoisotopic (exact) mass is 205 g/mol. The lowest BCUT2D eigenvalue weighted by molar-refractivity contribution is 0.725. The minimum Gasteiger partial charge on any atom is -0.354 e. The molecule has 1 unspecified atom stereocenters. The highest BCUT2D eigenvalue weighted by atomic mass is 15.2. The molecule has 0 aliphatic carbocycles. The molecule has 82 valence electrons. The molecule has 0 aromatic carbocycles. The lowest BCUT2D eigenvalue weighted by Crippen LogP contribution is -2.27. The van der Waals surface area contributed by atoms with Crippen LogP contribution in [0.1, 0.15) is 38.3 Å². The Kier molecular flexibility index (Phi) is 2.91. The maximum absolute atomic E-state index is 5.79. The van der Waals surface area contributed by atoms with Gasteiger partial charge in [0, 0.05) is 24.8 Å². The van der Waals surface area contributed by atoms with E-state index in [1.54, 1.807) is 0 Å². The van der Waals surface area contributed by atoms with Crippen LogP contribution in [0, 0.1) is 0 Å². The van der Waals surface area contributed by atoms with E-state index in [9.17, 15) is 0 Å².